The molecule has 1 rings (SSSR count). The lowest BCUT2D eigenvalue weighted by Crippen LogP contribution is -2.19. The molecule has 1 aromatic rings. The SMILES string of the molecule is CC(C)CN/C=C(/C#N)C(=O)Nc1ccc(Br)cc1. The fourth-order valence-corrected chi connectivity index (χ4v) is 1.54. The van der Waals surface area contributed by atoms with E-state index < -0.39 is 5.91 Å². The number of benzene rings is 1. The summed E-state index contributed by atoms with van der Waals surface area (Å²) in [7, 11) is 0. The highest BCUT2D eigenvalue weighted by Crippen LogP contribution is 2.14. The zero-order chi connectivity index (χ0) is 14.3. The average Bonchev–Trinajstić information content (AvgIpc) is 2.37. The van der Waals surface area contributed by atoms with Gasteiger partial charge in [0, 0.05) is 22.9 Å². The van der Waals surface area contributed by atoms with E-state index in [0.717, 1.165) is 11.0 Å². The minimum atomic E-state index is -0.416. The van der Waals surface area contributed by atoms with E-state index in [1.807, 2.05) is 18.2 Å². The molecule has 0 aliphatic heterocycles. The maximum Gasteiger partial charge on any atom is 0.267 e. The van der Waals surface area contributed by atoms with Gasteiger partial charge < -0.3 is 10.6 Å². The molecule has 19 heavy (non-hydrogen) atoms. The Labute approximate surface area is 121 Å². The third-order valence-electron chi connectivity index (χ3n) is 2.24. The normalized spacial score (nSPS) is 11.0. The van der Waals surface area contributed by atoms with Crippen molar-refractivity contribution >= 4 is 27.5 Å². The van der Waals surface area contributed by atoms with Gasteiger partial charge in [-0.05, 0) is 30.2 Å². The maximum atomic E-state index is 11.9. The van der Waals surface area contributed by atoms with Gasteiger partial charge in [0.15, 0.2) is 0 Å². The summed E-state index contributed by atoms with van der Waals surface area (Å²) in [6.07, 6.45) is 1.45. The largest absolute Gasteiger partial charge is 0.389 e. The van der Waals surface area contributed by atoms with Crippen LogP contribution in [0.2, 0.25) is 0 Å². The van der Waals surface area contributed by atoms with Crippen molar-refractivity contribution < 1.29 is 4.79 Å². The van der Waals surface area contributed by atoms with E-state index in [1.54, 1.807) is 12.1 Å². The standard InChI is InChI=1S/C14H16BrN3O/c1-10(2)8-17-9-11(7-16)14(19)18-13-5-3-12(15)4-6-13/h3-6,9-10,17H,8H2,1-2H3,(H,18,19)/b11-9-. The number of carbonyl (C=O) groups is 1. The third kappa shape index (κ3) is 5.58. The summed E-state index contributed by atoms with van der Waals surface area (Å²) in [4.78, 5) is 11.9. The number of nitriles is 1. The first-order valence-corrected chi connectivity index (χ1v) is 6.72. The third-order valence-corrected chi connectivity index (χ3v) is 2.77. The number of anilines is 1. The lowest BCUT2D eigenvalue weighted by molar-refractivity contribution is -0.112. The number of rotatable bonds is 5. The highest BCUT2D eigenvalue weighted by atomic mass is 79.9. The summed E-state index contributed by atoms with van der Waals surface area (Å²) in [5.74, 6) is 0.0341. The second-order valence-electron chi connectivity index (χ2n) is 4.43. The molecule has 4 nitrogen and oxygen atoms in total. The molecular formula is C14H16BrN3O. The van der Waals surface area contributed by atoms with E-state index in [2.05, 4.69) is 40.4 Å². The zero-order valence-electron chi connectivity index (χ0n) is 10.9. The number of hydrogen-bond donors (Lipinski definition) is 2. The highest BCUT2D eigenvalue weighted by Gasteiger charge is 2.08. The molecule has 0 spiro atoms. The lowest BCUT2D eigenvalue weighted by Gasteiger charge is -2.06. The van der Waals surface area contributed by atoms with Crippen LogP contribution in [0.4, 0.5) is 5.69 Å². The Morgan fingerprint density at radius 1 is 1.42 bits per heavy atom. The first-order valence-electron chi connectivity index (χ1n) is 5.93. The second kappa shape index (κ2) is 7.59. The van der Waals surface area contributed by atoms with Crippen LogP contribution in [0.25, 0.3) is 0 Å². The molecule has 100 valence electrons. The molecule has 0 atom stereocenters. The number of carbonyl (C=O) groups excluding carboxylic acids is 1. The Morgan fingerprint density at radius 2 is 2.05 bits per heavy atom. The van der Waals surface area contributed by atoms with Gasteiger partial charge in [-0.3, -0.25) is 4.79 Å². The predicted octanol–water partition coefficient (Wildman–Crippen LogP) is 3.04. The van der Waals surface area contributed by atoms with Crippen molar-refractivity contribution in [2.24, 2.45) is 5.92 Å². The van der Waals surface area contributed by atoms with E-state index in [-0.39, 0.29) is 5.57 Å². The maximum absolute atomic E-state index is 11.9. The smallest absolute Gasteiger partial charge is 0.267 e. The Balaban J connectivity index is 2.64. The molecule has 0 fully saturated rings. The lowest BCUT2D eigenvalue weighted by atomic mass is 10.2. The molecule has 0 aliphatic carbocycles. The molecule has 1 aromatic carbocycles. The average molecular weight is 322 g/mol. The molecule has 0 bridgehead atoms. The van der Waals surface area contributed by atoms with Crippen LogP contribution in [0.15, 0.2) is 40.5 Å². The predicted molar refractivity (Wildman–Crippen MR) is 79.3 cm³/mol. The van der Waals surface area contributed by atoms with Crippen LogP contribution in [-0.2, 0) is 4.79 Å². The van der Waals surface area contributed by atoms with E-state index in [1.165, 1.54) is 6.20 Å². The van der Waals surface area contributed by atoms with Crippen molar-refractivity contribution in [3.8, 4) is 6.07 Å². The molecule has 0 unspecified atom stereocenters. The molecule has 0 saturated heterocycles. The minimum absolute atomic E-state index is 0.0589. The monoisotopic (exact) mass is 321 g/mol. The van der Waals surface area contributed by atoms with Gasteiger partial charge in [-0.1, -0.05) is 29.8 Å². The van der Waals surface area contributed by atoms with Crippen LogP contribution >= 0.6 is 15.9 Å². The van der Waals surface area contributed by atoms with E-state index in [4.69, 9.17) is 5.26 Å². The number of nitrogens with one attached hydrogen (secondary N) is 2. The minimum Gasteiger partial charge on any atom is -0.389 e. The number of hydrogen-bond acceptors (Lipinski definition) is 3. The summed E-state index contributed by atoms with van der Waals surface area (Å²) in [6, 6.07) is 9.05. The van der Waals surface area contributed by atoms with E-state index in [0.29, 0.717) is 11.6 Å². The van der Waals surface area contributed by atoms with Crippen LogP contribution in [-0.4, -0.2) is 12.5 Å². The van der Waals surface area contributed by atoms with Crippen LogP contribution in [0.5, 0.6) is 0 Å². The summed E-state index contributed by atoms with van der Waals surface area (Å²) < 4.78 is 0.931. The van der Waals surface area contributed by atoms with Crippen molar-refractivity contribution in [1.82, 2.24) is 5.32 Å². The molecule has 2 N–H and O–H groups in total. The first kappa shape index (κ1) is 15.3. The molecule has 1 amide bonds. The fourth-order valence-electron chi connectivity index (χ4n) is 1.28. The molecule has 0 aromatic heterocycles. The van der Waals surface area contributed by atoms with Gasteiger partial charge in [0.05, 0.1) is 0 Å². The van der Waals surface area contributed by atoms with Crippen molar-refractivity contribution in [3.05, 3.63) is 40.5 Å². The van der Waals surface area contributed by atoms with Crippen molar-refractivity contribution in [3.63, 3.8) is 0 Å². The van der Waals surface area contributed by atoms with Crippen molar-refractivity contribution in [2.45, 2.75) is 13.8 Å². The first-order chi connectivity index (χ1) is 9.02. The zero-order valence-corrected chi connectivity index (χ0v) is 12.5. The van der Waals surface area contributed by atoms with Crippen LogP contribution < -0.4 is 10.6 Å². The van der Waals surface area contributed by atoms with Crippen molar-refractivity contribution in [2.75, 3.05) is 11.9 Å². The Morgan fingerprint density at radius 3 is 2.58 bits per heavy atom. The molecule has 0 saturated carbocycles. The Hall–Kier alpha value is -1.80. The molecule has 5 heteroatoms. The van der Waals surface area contributed by atoms with Gasteiger partial charge in [-0.15, -0.1) is 0 Å². The summed E-state index contributed by atoms with van der Waals surface area (Å²) >= 11 is 3.32. The summed E-state index contributed by atoms with van der Waals surface area (Å²) in [6.45, 7) is 4.82. The number of amides is 1. The van der Waals surface area contributed by atoms with Crippen LogP contribution in [0.1, 0.15) is 13.8 Å². The molecule has 0 radical (unpaired) electrons. The molecule has 0 heterocycles. The Kier molecular flexibility index (Phi) is 6.10. The van der Waals surface area contributed by atoms with Crippen molar-refractivity contribution in [1.29, 1.82) is 5.26 Å². The van der Waals surface area contributed by atoms with E-state index >= 15 is 0 Å². The van der Waals surface area contributed by atoms with Gasteiger partial charge in [0.2, 0.25) is 0 Å². The number of halogens is 1. The quantitative estimate of drug-likeness (QED) is 0.647. The second-order valence-corrected chi connectivity index (χ2v) is 5.35. The highest BCUT2D eigenvalue weighted by molar-refractivity contribution is 9.10. The number of nitrogens with zero attached hydrogens (tertiary/aromatic N) is 1. The summed E-state index contributed by atoms with van der Waals surface area (Å²) in [5.41, 5.74) is 0.710. The summed E-state index contributed by atoms with van der Waals surface area (Å²) in [5, 5.41) is 14.6. The van der Waals surface area contributed by atoms with Gasteiger partial charge in [0.1, 0.15) is 11.6 Å². The Bertz CT molecular complexity index is 500. The van der Waals surface area contributed by atoms with E-state index in [9.17, 15) is 4.79 Å². The molecular weight excluding hydrogens is 306 g/mol. The molecule has 0 aliphatic rings. The topological polar surface area (TPSA) is 64.9 Å². The fraction of sp³-hybridized carbons (Fsp3) is 0.286. The van der Waals surface area contributed by atoms with Gasteiger partial charge >= 0.3 is 0 Å². The van der Waals surface area contributed by atoms with Gasteiger partial charge in [-0.25, -0.2) is 0 Å². The van der Waals surface area contributed by atoms with Gasteiger partial charge in [-0.2, -0.15) is 5.26 Å². The van der Waals surface area contributed by atoms with Crippen LogP contribution in [0.3, 0.4) is 0 Å². The van der Waals surface area contributed by atoms with Gasteiger partial charge in [0.25, 0.3) is 5.91 Å². The van der Waals surface area contributed by atoms with Crippen LogP contribution in [0, 0.1) is 17.2 Å².